The third-order valence-corrected chi connectivity index (χ3v) is 3.09. The fraction of sp³-hybridized carbons (Fsp3) is 0. The van der Waals surface area contributed by atoms with E-state index in [-0.39, 0.29) is 11.8 Å². The Balaban J connectivity index is 2.02. The molecule has 0 aliphatic carbocycles. The fourth-order valence-corrected chi connectivity index (χ4v) is 2.09. The summed E-state index contributed by atoms with van der Waals surface area (Å²) in [5.41, 5.74) is 8.03. The Hall–Kier alpha value is -2.40. The Bertz CT molecular complexity index is 769. The van der Waals surface area contributed by atoms with Crippen molar-refractivity contribution in [2.45, 2.75) is 0 Å². The van der Waals surface area contributed by atoms with Crippen LogP contribution in [0, 0.1) is 5.82 Å². The molecule has 6 heteroatoms. The number of hydrogen-bond acceptors (Lipinski definition) is 3. The first kappa shape index (κ1) is 12.6. The molecule has 3 rings (SSSR count). The molecule has 3 aromatic rings. The lowest BCUT2D eigenvalue weighted by Crippen LogP contribution is -1.95. The lowest BCUT2D eigenvalue weighted by Gasteiger charge is -2.02. The molecule has 0 saturated heterocycles. The van der Waals surface area contributed by atoms with Crippen molar-refractivity contribution >= 4 is 17.5 Å². The van der Waals surface area contributed by atoms with Crippen molar-refractivity contribution in [2.75, 3.05) is 5.73 Å². The average Bonchev–Trinajstić information content (AvgIpc) is 2.88. The third-order valence-electron chi connectivity index (χ3n) is 2.86. The van der Waals surface area contributed by atoms with Crippen LogP contribution in [0.25, 0.3) is 22.6 Å². The second-order valence-corrected chi connectivity index (χ2v) is 4.65. The average molecular weight is 289 g/mol. The SMILES string of the molecule is Nc1nccc(-c2ccc(-c3ccc(Cl)cc3F)[nH]2)n1. The first-order valence-corrected chi connectivity index (χ1v) is 6.24. The summed E-state index contributed by atoms with van der Waals surface area (Å²) < 4.78 is 13.9. The number of anilines is 1. The molecule has 0 spiro atoms. The van der Waals surface area contributed by atoms with Gasteiger partial charge in [0.25, 0.3) is 0 Å². The van der Waals surface area contributed by atoms with Gasteiger partial charge in [0.2, 0.25) is 5.95 Å². The molecule has 0 saturated carbocycles. The topological polar surface area (TPSA) is 67.6 Å². The number of nitrogens with zero attached hydrogens (tertiary/aromatic N) is 2. The largest absolute Gasteiger partial charge is 0.368 e. The molecule has 0 radical (unpaired) electrons. The van der Waals surface area contributed by atoms with E-state index in [4.69, 9.17) is 17.3 Å². The molecule has 100 valence electrons. The van der Waals surface area contributed by atoms with Gasteiger partial charge in [-0.3, -0.25) is 0 Å². The Kier molecular flexibility index (Phi) is 3.12. The molecule has 0 amide bonds. The number of nitrogen functional groups attached to an aromatic ring is 1. The van der Waals surface area contributed by atoms with Gasteiger partial charge in [-0.05, 0) is 36.4 Å². The summed E-state index contributed by atoms with van der Waals surface area (Å²) in [6.07, 6.45) is 1.57. The standard InChI is InChI=1S/C14H10ClFN4/c15-8-1-2-9(10(16)7-8)11-3-4-12(19-11)13-5-6-18-14(17)20-13/h1-7,19H,(H2,17,18,20). The zero-order valence-electron chi connectivity index (χ0n) is 10.3. The molecule has 0 fully saturated rings. The lowest BCUT2D eigenvalue weighted by atomic mass is 10.1. The minimum atomic E-state index is -0.381. The summed E-state index contributed by atoms with van der Waals surface area (Å²) >= 11 is 5.74. The normalized spacial score (nSPS) is 10.7. The zero-order chi connectivity index (χ0) is 14.1. The fourth-order valence-electron chi connectivity index (χ4n) is 1.93. The van der Waals surface area contributed by atoms with E-state index in [9.17, 15) is 4.39 Å². The number of aromatic nitrogens is 3. The number of rotatable bonds is 2. The molecule has 3 N–H and O–H groups in total. The van der Waals surface area contributed by atoms with Crippen LogP contribution in [0.2, 0.25) is 5.02 Å². The van der Waals surface area contributed by atoms with E-state index >= 15 is 0 Å². The quantitative estimate of drug-likeness (QED) is 0.758. The number of H-pyrrole nitrogens is 1. The van der Waals surface area contributed by atoms with Crippen LogP contribution >= 0.6 is 11.6 Å². The van der Waals surface area contributed by atoms with Crippen molar-refractivity contribution in [3.63, 3.8) is 0 Å². The first-order chi connectivity index (χ1) is 9.63. The van der Waals surface area contributed by atoms with E-state index in [1.807, 2.05) is 6.07 Å². The van der Waals surface area contributed by atoms with Gasteiger partial charge in [0, 0.05) is 22.5 Å². The van der Waals surface area contributed by atoms with Gasteiger partial charge >= 0.3 is 0 Å². The van der Waals surface area contributed by atoms with Crippen LogP contribution in [-0.4, -0.2) is 15.0 Å². The molecule has 1 aromatic carbocycles. The highest BCUT2D eigenvalue weighted by Gasteiger charge is 2.09. The molecular weight excluding hydrogens is 279 g/mol. The number of nitrogens with one attached hydrogen (secondary N) is 1. The van der Waals surface area contributed by atoms with Crippen molar-refractivity contribution in [1.82, 2.24) is 15.0 Å². The highest BCUT2D eigenvalue weighted by Crippen LogP contribution is 2.27. The van der Waals surface area contributed by atoms with E-state index in [0.717, 1.165) is 5.69 Å². The van der Waals surface area contributed by atoms with E-state index in [1.54, 1.807) is 30.5 Å². The van der Waals surface area contributed by atoms with Gasteiger partial charge in [-0.2, -0.15) is 0 Å². The second-order valence-electron chi connectivity index (χ2n) is 4.21. The maximum Gasteiger partial charge on any atom is 0.220 e. The van der Waals surface area contributed by atoms with Crippen LogP contribution < -0.4 is 5.73 Å². The van der Waals surface area contributed by atoms with Crippen LogP contribution in [0.15, 0.2) is 42.6 Å². The lowest BCUT2D eigenvalue weighted by molar-refractivity contribution is 0.631. The predicted molar refractivity (Wildman–Crippen MR) is 76.6 cm³/mol. The minimum Gasteiger partial charge on any atom is -0.368 e. The van der Waals surface area contributed by atoms with Crippen molar-refractivity contribution in [2.24, 2.45) is 0 Å². The van der Waals surface area contributed by atoms with E-state index in [0.29, 0.717) is 22.0 Å². The first-order valence-electron chi connectivity index (χ1n) is 5.87. The predicted octanol–water partition coefficient (Wildman–Crippen LogP) is 3.51. The molecule has 0 unspecified atom stereocenters. The maximum atomic E-state index is 13.9. The van der Waals surface area contributed by atoms with Crippen LogP contribution in [0.4, 0.5) is 10.3 Å². The molecule has 0 aliphatic heterocycles. The van der Waals surface area contributed by atoms with Crippen molar-refractivity contribution in [1.29, 1.82) is 0 Å². The molecule has 4 nitrogen and oxygen atoms in total. The maximum absolute atomic E-state index is 13.9. The van der Waals surface area contributed by atoms with Crippen molar-refractivity contribution in [3.05, 3.63) is 53.4 Å². The number of halogens is 2. The summed E-state index contributed by atoms with van der Waals surface area (Å²) in [6.45, 7) is 0. The van der Waals surface area contributed by atoms with Crippen molar-refractivity contribution in [3.8, 4) is 22.6 Å². The molecular formula is C14H10ClFN4. The number of benzene rings is 1. The smallest absolute Gasteiger partial charge is 0.220 e. The Morgan fingerprint density at radius 3 is 2.65 bits per heavy atom. The minimum absolute atomic E-state index is 0.191. The second kappa shape index (κ2) is 4.94. The third kappa shape index (κ3) is 2.35. The summed E-state index contributed by atoms with van der Waals surface area (Å²) in [4.78, 5) is 11.0. The number of nitrogens with two attached hydrogens (primary N) is 1. The molecule has 2 heterocycles. The monoisotopic (exact) mass is 288 g/mol. The Morgan fingerprint density at radius 2 is 1.90 bits per heavy atom. The molecule has 0 aliphatic rings. The molecule has 0 atom stereocenters. The van der Waals surface area contributed by atoms with Crippen LogP contribution in [0.3, 0.4) is 0 Å². The Morgan fingerprint density at radius 1 is 1.10 bits per heavy atom. The summed E-state index contributed by atoms with van der Waals surface area (Å²) in [5, 5.41) is 0.363. The molecule has 0 bridgehead atoms. The number of hydrogen-bond donors (Lipinski definition) is 2. The van der Waals surface area contributed by atoms with E-state index in [1.165, 1.54) is 6.07 Å². The van der Waals surface area contributed by atoms with Crippen molar-refractivity contribution < 1.29 is 4.39 Å². The van der Waals surface area contributed by atoms with Gasteiger partial charge in [0.15, 0.2) is 0 Å². The highest BCUT2D eigenvalue weighted by atomic mass is 35.5. The van der Waals surface area contributed by atoms with Gasteiger partial charge in [-0.15, -0.1) is 0 Å². The van der Waals surface area contributed by atoms with Gasteiger partial charge in [0.1, 0.15) is 5.82 Å². The molecule has 2 aromatic heterocycles. The van der Waals surface area contributed by atoms with Gasteiger partial charge in [-0.25, -0.2) is 14.4 Å². The summed E-state index contributed by atoms with van der Waals surface area (Å²) in [6, 6.07) is 9.86. The summed E-state index contributed by atoms with van der Waals surface area (Å²) in [7, 11) is 0. The van der Waals surface area contributed by atoms with Gasteiger partial charge in [0.05, 0.1) is 11.4 Å². The van der Waals surface area contributed by atoms with Crippen LogP contribution in [0.5, 0.6) is 0 Å². The van der Waals surface area contributed by atoms with Crippen LogP contribution in [0.1, 0.15) is 0 Å². The highest BCUT2D eigenvalue weighted by molar-refractivity contribution is 6.30. The zero-order valence-corrected chi connectivity index (χ0v) is 11.0. The summed E-state index contributed by atoms with van der Waals surface area (Å²) in [5.74, 6) is -0.190. The van der Waals surface area contributed by atoms with Crippen LogP contribution in [-0.2, 0) is 0 Å². The van der Waals surface area contributed by atoms with Gasteiger partial charge < -0.3 is 10.7 Å². The van der Waals surface area contributed by atoms with Gasteiger partial charge in [-0.1, -0.05) is 11.6 Å². The Labute approximate surface area is 119 Å². The van der Waals surface area contributed by atoms with E-state index < -0.39 is 0 Å². The molecule has 20 heavy (non-hydrogen) atoms. The van der Waals surface area contributed by atoms with E-state index in [2.05, 4.69) is 15.0 Å². The number of aromatic amines is 1.